The molecular formula is C35H60N2O4+2. The highest BCUT2D eigenvalue weighted by Crippen LogP contribution is 2.68. The molecule has 0 aromatic rings. The molecule has 232 valence electrons. The van der Waals surface area contributed by atoms with E-state index in [-0.39, 0.29) is 29.6 Å². The first-order valence-electron chi connectivity index (χ1n) is 17.4. The predicted molar refractivity (Wildman–Crippen MR) is 161 cm³/mol. The molecule has 6 aliphatic rings. The minimum absolute atomic E-state index is 0.0462. The summed E-state index contributed by atoms with van der Waals surface area (Å²) >= 11 is 0. The smallest absolute Gasteiger partial charge is 0.303 e. The van der Waals surface area contributed by atoms with Crippen molar-refractivity contribution in [1.29, 1.82) is 0 Å². The number of carbonyl (C=O) groups is 2. The van der Waals surface area contributed by atoms with Crippen LogP contribution in [0.25, 0.3) is 0 Å². The van der Waals surface area contributed by atoms with E-state index in [2.05, 4.69) is 27.9 Å². The van der Waals surface area contributed by atoms with Crippen LogP contribution in [0.15, 0.2) is 0 Å². The lowest BCUT2D eigenvalue weighted by molar-refractivity contribution is -0.943. The summed E-state index contributed by atoms with van der Waals surface area (Å²) in [6, 6.07) is 0.846. The number of hydrogen-bond acceptors (Lipinski definition) is 4. The van der Waals surface area contributed by atoms with Crippen LogP contribution in [0.5, 0.6) is 0 Å². The van der Waals surface area contributed by atoms with Crippen molar-refractivity contribution >= 4 is 11.9 Å². The van der Waals surface area contributed by atoms with Crippen LogP contribution in [0.1, 0.15) is 111 Å². The lowest BCUT2D eigenvalue weighted by Crippen LogP contribution is -2.66. The summed E-state index contributed by atoms with van der Waals surface area (Å²) < 4.78 is 14.7. The molecule has 0 amide bonds. The zero-order chi connectivity index (χ0) is 29.2. The van der Waals surface area contributed by atoms with Crippen LogP contribution in [0.3, 0.4) is 0 Å². The number of esters is 2. The van der Waals surface area contributed by atoms with Gasteiger partial charge >= 0.3 is 11.9 Å². The molecule has 0 aromatic heterocycles. The van der Waals surface area contributed by atoms with Crippen molar-refractivity contribution < 1.29 is 28.0 Å². The highest BCUT2D eigenvalue weighted by molar-refractivity contribution is 5.66. The lowest BCUT2D eigenvalue weighted by Gasteiger charge is -2.63. The average molecular weight is 573 g/mol. The second-order valence-electron chi connectivity index (χ2n) is 16.7. The molecule has 4 saturated carbocycles. The summed E-state index contributed by atoms with van der Waals surface area (Å²) in [6.07, 6.45) is 16.4. The number of ether oxygens (including phenoxy) is 2. The fourth-order valence-electron chi connectivity index (χ4n) is 12.3. The molecule has 2 aliphatic heterocycles. The van der Waals surface area contributed by atoms with Crippen molar-refractivity contribution in [3.8, 4) is 0 Å². The number of rotatable bonds is 4. The second-order valence-corrected chi connectivity index (χ2v) is 16.7. The minimum Gasteiger partial charge on any atom is -0.456 e. The third kappa shape index (κ3) is 4.99. The molecule has 0 aromatic carbocycles. The molecule has 6 heteroatoms. The van der Waals surface area contributed by atoms with E-state index >= 15 is 0 Å². The number of piperidine rings is 2. The van der Waals surface area contributed by atoms with Gasteiger partial charge in [-0.2, -0.15) is 0 Å². The summed E-state index contributed by atoms with van der Waals surface area (Å²) in [7, 11) is 4.94. The zero-order valence-corrected chi connectivity index (χ0v) is 27.2. The maximum Gasteiger partial charge on any atom is 0.303 e. The maximum atomic E-state index is 12.5. The first-order chi connectivity index (χ1) is 19.4. The first kappa shape index (κ1) is 29.9. The molecule has 2 heterocycles. The third-order valence-electron chi connectivity index (χ3n) is 14.5. The number of hydrogen-bond donors (Lipinski definition) is 0. The zero-order valence-electron chi connectivity index (χ0n) is 27.2. The lowest BCUT2D eigenvalue weighted by atomic mass is 9.44. The van der Waals surface area contributed by atoms with E-state index in [1.165, 1.54) is 103 Å². The number of quaternary nitrogens is 2. The quantitative estimate of drug-likeness (QED) is 0.301. The standard InChI is InChI=1S/C35H60N2O4/c1-24(38)40-32-21-26-13-14-27-28(35(26,4)23-31(32)37(6)19-11-8-12-20-37)15-16-34(3)29(27)22-30(33(34)41-25(2)39)36(5)17-9-7-10-18-36/h26-33H,7-23H2,1-6H3/q+2/t26-,27+,28?,29-,30-,31-,32-,33-,34-,35-/m0/s1. The molecule has 0 spiro atoms. The monoisotopic (exact) mass is 572 g/mol. The van der Waals surface area contributed by atoms with Gasteiger partial charge in [0.25, 0.3) is 0 Å². The van der Waals surface area contributed by atoms with Crippen LogP contribution in [0, 0.1) is 34.5 Å². The number of likely N-dealkylation sites (N-methyl/N-ethyl adjacent to an activating group) is 2. The molecule has 6 rings (SSSR count). The number of nitrogens with zero attached hydrogens (tertiary/aromatic N) is 2. The minimum atomic E-state index is -0.0998. The van der Waals surface area contributed by atoms with Crippen LogP contribution >= 0.6 is 0 Å². The molecule has 0 bridgehead atoms. The van der Waals surface area contributed by atoms with Crippen LogP contribution in [-0.4, -0.2) is 85.5 Å². The Morgan fingerprint density at radius 1 is 0.683 bits per heavy atom. The van der Waals surface area contributed by atoms with Gasteiger partial charge < -0.3 is 18.4 Å². The first-order valence-corrected chi connectivity index (χ1v) is 17.4. The average Bonchev–Trinajstić information content (AvgIpc) is 3.21. The summed E-state index contributed by atoms with van der Waals surface area (Å²) in [5, 5.41) is 0. The third-order valence-corrected chi connectivity index (χ3v) is 14.5. The topological polar surface area (TPSA) is 52.6 Å². The van der Waals surface area contributed by atoms with Gasteiger partial charge in [0.15, 0.2) is 12.2 Å². The van der Waals surface area contributed by atoms with Gasteiger partial charge in [-0.15, -0.1) is 0 Å². The number of fused-ring (bicyclic) bond motifs is 5. The Morgan fingerprint density at radius 3 is 1.85 bits per heavy atom. The Hall–Kier alpha value is -1.14. The van der Waals surface area contributed by atoms with Gasteiger partial charge in [0.05, 0.1) is 40.3 Å². The SMILES string of the molecule is CC(=O)O[C@H]1C[C@@H]2CC[C@@H]3C(CC[C@@]4(C)[C@H]3C[C@H]([N+]3(C)CCCCC3)[C@@H]4OC(C)=O)[C@@]2(C)C[C@@H]1[N+]1(C)CCCCC1. The van der Waals surface area contributed by atoms with Crippen molar-refractivity contribution in [2.75, 3.05) is 40.3 Å². The van der Waals surface area contributed by atoms with Crippen LogP contribution in [0.2, 0.25) is 0 Å². The Bertz CT molecular complexity index is 1000. The van der Waals surface area contributed by atoms with E-state index in [1.54, 1.807) is 13.8 Å². The van der Waals surface area contributed by atoms with E-state index in [0.29, 0.717) is 35.3 Å². The molecule has 0 N–H and O–H groups in total. The summed E-state index contributed by atoms with van der Waals surface area (Å²) in [6.45, 7) is 13.3. The molecule has 6 fully saturated rings. The number of carbonyl (C=O) groups excluding carboxylic acids is 2. The largest absolute Gasteiger partial charge is 0.456 e. The summed E-state index contributed by atoms with van der Waals surface area (Å²) in [5.74, 6) is 2.52. The fourth-order valence-corrected chi connectivity index (χ4v) is 12.3. The van der Waals surface area contributed by atoms with Gasteiger partial charge in [-0.25, -0.2) is 0 Å². The van der Waals surface area contributed by atoms with Crippen LogP contribution < -0.4 is 0 Å². The molecule has 0 radical (unpaired) electrons. The molecule has 10 atom stereocenters. The van der Waals surface area contributed by atoms with E-state index < -0.39 is 0 Å². The van der Waals surface area contributed by atoms with Gasteiger partial charge in [0.1, 0.15) is 12.1 Å². The van der Waals surface area contributed by atoms with Gasteiger partial charge in [0, 0.05) is 32.1 Å². The normalized spacial score (nSPS) is 46.9. The van der Waals surface area contributed by atoms with Crippen molar-refractivity contribution in [3.63, 3.8) is 0 Å². The summed E-state index contributed by atoms with van der Waals surface area (Å²) in [5.41, 5.74) is 0.377. The molecular weight excluding hydrogens is 512 g/mol. The van der Waals surface area contributed by atoms with E-state index in [0.717, 1.165) is 21.3 Å². The van der Waals surface area contributed by atoms with Crippen LogP contribution in [0.4, 0.5) is 0 Å². The molecule has 1 unspecified atom stereocenters. The molecule has 2 saturated heterocycles. The van der Waals surface area contributed by atoms with Gasteiger partial charge in [-0.05, 0) is 99.7 Å². The van der Waals surface area contributed by atoms with Crippen molar-refractivity contribution in [2.24, 2.45) is 34.5 Å². The Labute approximate surface area is 250 Å². The highest BCUT2D eigenvalue weighted by Gasteiger charge is 2.68. The molecule has 41 heavy (non-hydrogen) atoms. The Balaban J connectivity index is 1.31. The Morgan fingerprint density at radius 2 is 1.27 bits per heavy atom. The van der Waals surface area contributed by atoms with Crippen molar-refractivity contribution in [1.82, 2.24) is 0 Å². The van der Waals surface area contributed by atoms with E-state index in [1.807, 2.05) is 0 Å². The molecule has 4 aliphatic carbocycles. The maximum absolute atomic E-state index is 12.5. The molecule has 6 nitrogen and oxygen atoms in total. The van der Waals surface area contributed by atoms with Crippen LogP contribution in [-0.2, 0) is 19.1 Å². The van der Waals surface area contributed by atoms with Gasteiger partial charge in [0.2, 0.25) is 0 Å². The Kier molecular flexibility index (Phi) is 7.87. The van der Waals surface area contributed by atoms with Gasteiger partial charge in [-0.3, -0.25) is 9.59 Å². The second kappa shape index (κ2) is 10.8. The fraction of sp³-hybridized carbons (Fsp3) is 0.943. The summed E-state index contributed by atoms with van der Waals surface area (Å²) in [4.78, 5) is 24.8. The highest BCUT2D eigenvalue weighted by atomic mass is 16.5. The van der Waals surface area contributed by atoms with E-state index in [9.17, 15) is 9.59 Å². The predicted octanol–water partition coefficient (Wildman–Crippen LogP) is 6.11. The van der Waals surface area contributed by atoms with Crippen molar-refractivity contribution in [3.05, 3.63) is 0 Å². The van der Waals surface area contributed by atoms with Gasteiger partial charge in [-0.1, -0.05) is 13.8 Å². The number of likely N-dealkylation sites (tertiary alicyclic amines) is 2. The van der Waals surface area contributed by atoms with E-state index in [4.69, 9.17) is 9.47 Å². The van der Waals surface area contributed by atoms with Crippen molar-refractivity contribution in [2.45, 2.75) is 135 Å².